The smallest absolute Gasteiger partial charge is 0.152 e. The first kappa shape index (κ1) is 14.6. The normalized spacial score (nSPS) is 25.9. The lowest BCUT2D eigenvalue weighted by atomic mass is 10.1. The third-order valence-electron chi connectivity index (χ3n) is 4.23. The second kappa shape index (κ2) is 5.70. The zero-order chi connectivity index (χ0) is 11.2. The predicted octanol–water partition coefficient (Wildman–Crippen LogP) is 3.97. The van der Waals surface area contributed by atoms with E-state index in [-0.39, 0.29) is 24.8 Å². The van der Waals surface area contributed by atoms with Crippen LogP contribution in [0.3, 0.4) is 0 Å². The molecule has 4 heterocycles. The van der Waals surface area contributed by atoms with Crippen molar-refractivity contribution in [1.29, 1.82) is 0 Å². The molecule has 0 aromatic carbocycles. The average molecular weight is 301 g/mol. The first-order valence-electron chi connectivity index (χ1n) is 6.52. The van der Waals surface area contributed by atoms with Crippen molar-refractivity contribution < 1.29 is 4.42 Å². The van der Waals surface area contributed by atoms with Crippen molar-refractivity contribution in [1.82, 2.24) is 9.88 Å². The number of hydrogen-bond acceptors (Lipinski definition) is 3. The van der Waals surface area contributed by atoms with Crippen molar-refractivity contribution in [3.8, 4) is 0 Å². The van der Waals surface area contributed by atoms with Gasteiger partial charge in [-0.1, -0.05) is 0 Å². The molecular formula is C14H18Cl2N2O. The van der Waals surface area contributed by atoms with Gasteiger partial charge in [-0.15, -0.1) is 24.8 Å². The Kier molecular flexibility index (Phi) is 4.39. The third kappa shape index (κ3) is 2.35. The van der Waals surface area contributed by atoms with E-state index in [0.717, 1.165) is 22.9 Å². The lowest BCUT2D eigenvalue weighted by Gasteiger charge is -2.21. The first-order valence-corrected chi connectivity index (χ1v) is 6.52. The zero-order valence-corrected chi connectivity index (χ0v) is 12.3. The fourth-order valence-corrected chi connectivity index (χ4v) is 3.45. The maximum Gasteiger partial charge on any atom is 0.152 e. The standard InChI is InChI=1S/C14H16N2O.2ClH/c1-4-13-11(15-7-1)9-14(17-13)12-6-5-10-3-2-8-16(10)12;;/h1,4,7,9-10,12H,2-3,5-6,8H2;2*1H/t10?,12-;;/m0../s1. The third-order valence-corrected chi connectivity index (χ3v) is 4.23. The Labute approximate surface area is 125 Å². The Morgan fingerprint density at radius 2 is 2.11 bits per heavy atom. The van der Waals surface area contributed by atoms with Gasteiger partial charge in [0.1, 0.15) is 11.3 Å². The summed E-state index contributed by atoms with van der Waals surface area (Å²) in [6, 6.07) is 7.36. The number of halogens is 2. The fraction of sp³-hybridized carbons (Fsp3) is 0.500. The lowest BCUT2D eigenvalue weighted by Crippen LogP contribution is -2.25. The molecule has 2 aliphatic heterocycles. The molecule has 2 saturated heterocycles. The highest BCUT2D eigenvalue weighted by Crippen LogP contribution is 2.42. The van der Waals surface area contributed by atoms with Crippen molar-refractivity contribution in [2.24, 2.45) is 0 Å². The number of fused-ring (bicyclic) bond motifs is 2. The van der Waals surface area contributed by atoms with Gasteiger partial charge in [0.25, 0.3) is 0 Å². The summed E-state index contributed by atoms with van der Waals surface area (Å²) in [4.78, 5) is 6.97. The molecule has 4 rings (SSSR count). The van der Waals surface area contributed by atoms with Crippen LogP contribution < -0.4 is 0 Å². The van der Waals surface area contributed by atoms with Gasteiger partial charge >= 0.3 is 0 Å². The molecule has 2 fully saturated rings. The van der Waals surface area contributed by atoms with Gasteiger partial charge in [0.2, 0.25) is 0 Å². The number of aromatic nitrogens is 1. The molecule has 104 valence electrons. The van der Waals surface area contributed by atoms with Crippen LogP contribution in [0, 0.1) is 0 Å². The number of rotatable bonds is 1. The molecular weight excluding hydrogens is 283 g/mol. The molecule has 1 unspecified atom stereocenters. The zero-order valence-electron chi connectivity index (χ0n) is 10.6. The van der Waals surface area contributed by atoms with E-state index in [0.29, 0.717) is 6.04 Å². The predicted molar refractivity (Wildman–Crippen MR) is 80.2 cm³/mol. The molecule has 2 atom stereocenters. The van der Waals surface area contributed by atoms with Gasteiger partial charge in [-0.05, 0) is 44.4 Å². The number of furan rings is 1. The quantitative estimate of drug-likeness (QED) is 0.798. The van der Waals surface area contributed by atoms with Gasteiger partial charge in [0.15, 0.2) is 5.58 Å². The molecule has 0 radical (unpaired) electrons. The largest absolute Gasteiger partial charge is 0.458 e. The Morgan fingerprint density at radius 3 is 2.95 bits per heavy atom. The minimum atomic E-state index is 0. The molecule has 3 nitrogen and oxygen atoms in total. The summed E-state index contributed by atoms with van der Waals surface area (Å²) in [5, 5.41) is 0. The maximum absolute atomic E-state index is 5.96. The van der Waals surface area contributed by atoms with Crippen LogP contribution in [0.1, 0.15) is 37.5 Å². The highest BCUT2D eigenvalue weighted by Gasteiger charge is 2.38. The summed E-state index contributed by atoms with van der Waals surface area (Å²) >= 11 is 0. The molecule has 0 spiro atoms. The number of nitrogens with zero attached hydrogens (tertiary/aromatic N) is 2. The molecule has 5 heteroatoms. The minimum absolute atomic E-state index is 0. The molecule has 19 heavy (non-hydrogen) atoms. The summed E-state index contributed by atoms with van der Waals surface area (Å²) in [6.45, 7) is 1.24. The monoisotopic (exact) mass is 300 g/mol. The van der Waals surface area contributed by atoms with Crippen LogP contribution in [0.25, 0.3) is 11.1 Å². The lowest BCUT2D eigenvalue weighted by molar-refractivity contribution is 0.225. The Morgan fingerprint density at radius 1 is 1.21 bits per heavy atom. The van der Waals surface area contributed by atoms with Crippen LogP contribution in [0.15, 0.2) is 28.8 Å². The Hall–Kier alpha value is -0.770. The van der Waals surface area contributed by atoms with Crippen LogP contribution in [0.5, 0.6) is 0 Å². The van der Waals surface area contributed by atoms with Crippen LogP contribution in [-0.2, 0) is 0 Å². The van der Waals surface area contributed by atoms with Gasteiger partial charge in [0, 0.05) is 18.3 Å². The van der Waals surface area contributed by atoms with Gasteiger partial charge in [-0.2, -0.15) is 0 Å². The second-order valence-corrected chi connectivity index (χ2v) is 5.16. The summed E-state index contributed by atoms with van der Waals surface area (Å²) in [6.07, 6.45) is 7.11. The van der Waals surface area contributed by atoms with Gasteiger partial charge in [0.05, 0.1) is 6.04 Å². The molecule has 0 amide bonds. The van der Waals surface area contributed by atoms with E-state index in [1.165, 1.54) is 32.2 Å². The van der Waals surface area contributed by atoms with Crippen LogP contribution in [0.2, 0.25) is 0 Å². The highest BCUT2D eigenvalue weighted by atomic mass is 35.5. The number of hydrogen-bond donors (Lipinski definition) is 0. The van der Waals surface area contributed by atoms with E-state index in [1.54, 1.807) is 0 Å². The summed E-state index contributed by atoms with van der Waals surface area (Å²) < 4.78 is 5.96. The Balaban J connectivity index is 0.000000667. The first-order chi connectivity index (χ1) is 8.42. The SMILES string of the molecule is Cl.Cl.c1cnc2cc([C@@H]3CCC4CCCN43)oc2c1. The maximum atomic E-state index is 5.96. The molecule has 2 aromatic rings. The molecule has 0 bridgehead atoms. The van der Waals surface area contributed by atoms with Crippen molar-refractivity contribution >= 4 is 35.9 Å². The van der Waals surface area contributed by atoms with Crippen molar-refractivity contribution in [3.05, 3.63) is 30.2 Å². The van der Waals surface area contributed by atoms with E-state index in [4.69, 9.17) is 4.42 Å². The summed E-state index contributed by atoms with van der Waals surface area (Å²) in [7, 11) is 0. The second-order valence-electron chi connectivity index (χ2n) is 5.16. The number of pyridine rings is 1. The van der Waals surface area contributed by atoms with Gasteiger partial charge in [-0.25, -0.2) is 0 Å². The molecule has 0 aliphatic carbocycles. The van der Waals surface area contributed by atoms with Crippen LogP contribution in [-0.4, -0.2) is 22.5 Å². The molecule has 2 aliphatic rings. The summed E-state index contributed by atoms with van der Waals surface area (Å²) in [5.74, 6) is 1.11. The topological polar surface area (TPSA) is 29.3 Å². The van der Waals surface area contributed by atoms with E-state index in [1.807, 2.05) is 18.3 Å². The Bertz CT molecular complexity index is 524. The average Bonchev–Trinajstić information content (AvgIpc) is 3.02. The van der Waals surface area contributed by atoms with E-state index >= 15 is 0 Å². The van der Waals surface area contributed by atoms with E-state index < -0.39 is 0 Å². The molecule has 0 saturated carbocycles. The van der Waals surface area contributed by atoms with Crippen LogP contribution >= 0.6 is 24.8 Å². The molecule has 0 N–H and O–H groups in total. The van der Waals surface area contributed by atoms with Crippen LogP contribution in [0.4, 0.5) is 0 Å². The van der Waals surface area contributed by atoms with Gasteiger partial charge in [-0.3, -0.25) is 9.88 Å². The summed E-state index contributed by atoms with van der Waals surface area (Å²) in [5.41, 5.74) is 1.91. The van der Waals surface area contributed by atoms with Crippen molar-refractivity contribution in [2.45, 2.75) is 37.8 Å². The van der Waals surface area contributed by atoms with Crippen molar-refractivity contribution in [3.63, 3.8) is 0 Å². The van der Waals surface area contributed by atoms with E-state index in [2.05, 4.69) is 16.0 Å². The van der Waals surface area contributed by atoms with E-state index in [9.17, 15) is 0 Å². The van der Waals surface area contributed by atoms with Crippen molar-refractivity contribution in [2.75, 3.05) is 6.54 Å². The highest BCUT2D eigenvalue weighted by molar-refractivity contribution is 5.85. The fourth-order valence-electron chi connectivity index (χ4n) is 3.45. The van der Waals surface area contributed by atoms with Gasteiger partial charge < -0.3 is 4.42 Å². The molecule has 2 aromatic heterocycles. The minimum Gasteiger partial charge on any atom is -0.458 e.